The summed E-state index contributed by atoms with van der Waals surface area (Å²) in [4.78, 5) is 20.7. The molecule has 0 atom stereocenters. The monoisotopic (exact) mass is 412 g/mol. The molecule has 1 N–H and O–H groups in total. The third kappa shape index (κ3) is 4.25. The van der Waals surface area contributed by atoms with E-state index in [4.69, 9.17) is 9.84 Å². The number of nitrogens with zero attached hydrogens (tertiary/aromatic N) is 6. The van der Waals surface area contributed by atoms with Crippen molar-refractivity contribution < 1.29 is 14.6 Å². The third-order valence-corrected chi connectivity index (χ3v) is 5.06. The van der Waals surface area contributed by atoms with E-state index in [1.54, 1.807) is 11.2 Å². The first-order valence-electron chi connectivity index (χ1n) is 10.2. The zero-order chi connectivity index (χ0) is 21.3. The van der Waals surface area contributed by atoms with Crippen LogP contribution in [0.2, 0.25) is 0 Å². The highest BCUT2D eigenvalue weighted by Gasteiger charge is 2.27. The molecule has 160 valence electrons. The van der Waals surface area contributed by atoms with Gasteiger partial charge in [-0.25, -0.2) is 14.3 Å². The summed E-state index contributed by atoms with van der Waals surface area (Å²) in [6.07, 6.45) is 7.20. The zero-order valence-corrected chi connectivity index (χ0v) is 17.7. The molecule has 30 heavy (non-hydrogen) atoms. The van der Waals surface area contributed by atoms with Gasteiger partial charge in [0.25, 0.3) is 0 Å². The average Bonchev–Trinajstić information content (AvgIpc) is 3.33. The van der Waals surface area contributed by atoms with Gasteiger partial charge in [0.1, 0.15) is 5.60 Å². The molecule has 0 saturated carbocycles. The highest BCUT2D eigenvalue weighted by Crippen LogP contribution is 2.26. The lowest BCUT2D eigenvalue weighted by Gasteiger charge is -2.36. The van der Waals surface area contributed by atoms with Crippen molar-refractivity contribution in [1.29, 1.82) is 0 Å². The van der Waals surface area contributed by atoms with Gasteiger partial charge in [-0.2, -0.15) is 5.10 Å². The van der Waals surface area contributed by atoms with E-state index < -0.39 is 5.60 Å². The van der Waals surface area contributed by atoms with Gasteiger partial charge >= 0.3 is 6.09 Å². The van der Waals surface area contributed by atoms with E-state index in [-0.39, 0.29) is 12.7 Å². The number of aromatic nitrogens is 4. The third-order valence-electron chi connectivity index (χ3n) is 5.06. The van der Waals surface area contributed by atoms with Crippen LogP contribution in [0.4, 0.5) is 10.5 Å². The molecule has 0 radical (unpaired) electrons. The van der Waals surface area contributed by atoms with Gasteiger partial charge in [-0.15, -0.1) is 0 Å². The first-order chi connectivity index (χ1) is 14.3. The molecule has 1 fully saturated rings. The van der Waals surface area contributed by atoms with Crippen molar-refractivity contribution >= 4 is 17.3 Å². The molecule has 0 spiro atoms. The van der Waals surface area contributed by atoms with Crippen LogP contribution in [0.5, 0.6) is 0 Å². The van der Waals surface area contributed by atoms with Crippen LogP contribution < -0.4 is 4.90 Å². The largest absolute Gasteiger partial charge is 0.444 e. The fourth-order valence-corrected chi connectivity index (χ4v) is 3.57. The van der Waals surface area contributed by atoms with Crippen molar-refractivity contribution in [1.82, 2.24) is 24.1 Å². The number of amides is 1. The number of piperazine rings is 1. The number of anilines is 1. The highest BCUT2D eigenvalue weighted by molar-refractivity contribution is 5.75. The Kier molecular flexibility index (Phi) is 5.38. The average molecular weight is 412 g/mol. The number of ether oxygens (including phenoxy) is 1. The zero-order valence-electron chi connectivity index (χ0n) is 17.7. The lowest BCUT2D eigenvalue weighted by molar-refractivity contribution is 0.0240. The molecule has 0 aromatic carbocycles. The SMILES string of the molecule is CC(C)(C)OC(=O)N1CCN(c2cnn3cc(-c4cn(CCO)cn4)ccc23)CC1. The molecule has 1 saturated heterocycles. The first-order valence-corrected chi connectivity index (χ1v) is 10.2. The van der Waals surface area contributed by atoms with Crippen LogP contribution in [0.3, 0.4) is 0 Å². The number of carbonyl (C=O) groups is 1. The molecule has 9 nitrogen and oxygen atoms in total. The van der Waals surface area contributed by atoms with Crippen molar-refractivity contribution in [3.63, 3.8) is 0 Å². The molecular weight excluding hydrogens is 384 g/mol. The summed E-state index contributed by atoms with van der Waals surface area (Å²) in [6, 6.07) is 4.08. The van der Waals surface area contributed by atoms with Gasteiger partial charge in [0.05, 0.1) is 36.0 Å². The summed E-state index contributed by atoms with van der Waals surface area (Å²) >= 11 is 0. The molecule has 0 unspecified atom stereocenters. The number of hydrogen-bond acceptors (Lipinski definition) is 6. The van der Waals surface area contributed by atoms with Gasteiger partial charge < -0.3 is 24.2 Å². The minimum atomic E-state index is -0.484. The molecule has 0 aliphatic carbocycles. The maximum absolute atomic E-state index is 12.3. The van der Waals surface area contributed by atoms with E-state index in [0.29, 0.717) is 19.6 Å². The van der Waals surface area contributed by atoms with Crippen molar-refractivity contribution in [2.45, 2.75) is 32.9 Å². The highest BCUT2D eigenvalue weighted by atomic mass is 16.6. The Labute approximate surface area is 175 Å². The van der Waals surface area contributed by atoms with Gasteiger partial charge in [-0.1, -0.05) is 0 Å². The number of imidazole rings is 1. The lowest BCUT2D eigenvalue weighted by atomic mass is 10.2. The van der Waals surface area contributed by atoms with Crippen molar-refractivity contribution in [2.24, 2.45) is 0 Å². The number of fused-ring (bicyclic) bond motifs is 1. The van der Waals surface area contributed by atoms with Crippen LogP contribution >= 0.6 is 0 Å². The minimum absolute atomic E-state index is 0.0819. The maximum Gasteiger partial charge on any atom is 0.410 e. The van der Waals surface area contributed by atoms with Crippen LogP contribution in [-0.2, 0) is 11.3 Å². The molecule has 3 aromatic rings. The standard InChI is InChI=1S/C21H28N6O3/c1-21(2,3)30-20(29)26-8-6-25(7-9-26)19-12-23-27-13-16(4-5-18(19)27)17-14-24(10-11-28)15-22-17/h4-5,12-15,28H,6-11H2,1-3H3. The Hall–Kier alpha value is -3.07. The normalized spacial score (nSPS) is 15.1. The minimum Gasteiger partial charge on any atom is -0.444 e. The van der Waals surface area contributed by atoms with Gasteiger partial charge in [-0.05, 0) is 32.9 Å². The van der Waals surface area contributed by atoms with Crippen LogP contribution in [-0.4, -0.2) is 73.7 Å². The second-order valence-electron chi connectivity index (χ2n) is 8.45. The molecule has 1 aliphatic rings. The first kappa shape index (κ1) is 20.2. The van der Waals surface area contributed by atoms with Gasteiger partial charge in [0.15, 0.2) is 0 Å². The Morgan fingerprint density at radius 3 is 2.63 bits per heavy atom. The molecule has 1 amide bonds. The molecule has 4 rings (SSSR count). The molecule has 3 aromatic heterocycles. The second kappa shape index (κ2) is 7.98. The Morgan fingerprint density at radius 1 is 1.17 bits per heavy atom. The van der Waals surface area contributed by atoms with E-state index in [1.165, 1.54) is 0 Å². The number of hydrogen-bond donors (Lipinski definition) is 1. The van der Waals surface area contributed by atoms with Crippen LogP contribution in [0, 0.1) is 0 Å². The summed E-state index contributed by atoms with van der Waals surface area (Å²) in [5.41, 5.74) is 3.38. The number of rotatable bonds is 4. The van der Waals surface area contributed by atoms with Gasteiger partial charge in [-0.3, -0.25) is 0 Å². The van der Waals surface area contributed by atoms with Gasteiger partial charge in [0, 0.05) is 50.7 Å². The molecule has 4 heterocycles. The van der Waals surface area contributed by atoms with E-state index in [1.807, 2.05) is 60.6 Å². The van der Waals surface area contributed by atoms with Crippen molar-refractivity contribution in [3.8, 4) is 11.3 Å². The van der Waals surface area contributed by atoms with E-state index in [0.717, 1.165) is 35.6 Å². The summed E-state index contributed by atoms with van der Waals surface area (Å²) in [5.74, 6) is 0. The summed E-state index contributed by atoms with van der Waals surface area (Å²) in [7, 11) is 0. The van der Waals surface area contributed by atoms with E-state index in [9.17, 15) is 4.79 Å². The fraction of sp³-hybridized carbons (Fsp3) is 0.476. The van der Waals surface area contributed by atoms with E-state index in [2.05, 4.69) is 15.0 Å². The maximum atomic E-state index is 12.3. The predicted octanol–water partition coefficient (Wildman–Crippen LogP) is 2.25. The van der Waals surface area contributed by atoms with Crippen LogP contribution in [0.15, 0.2) is 37.1 Å². The topological polar surface area (TPSA) is 88.1 Å². The van der Waals surface area contributed by atoms with Crippen molar-refractivity contribution in [3.05, 3.63) is 37.1 Å². The fourth-order valence-electron chi connectivity index (χ4n) is 3.57. The molecular formula is C21H28N6O3. The van der Waals surface area contributed by atoms with Crippen LogP contribution in [0.1, 0.15) is 20.8 Å². The Balaban J connectivity index is 1.46. The summed E-state index contributed by atoms with van der Waals surface area (Å²) in [5, 5.41) is 13.6. The summed E-state index contributed by atoms with van der Waals surface area (Å²) in [6.45, 7) is 8.94. The van der Waals surface area contributed by atoms with Crippen LogP contribution in [0.25, 0.3) is 16.8 Å². The summed E-state index contributed by atoms with van der Waals surface area (Å²) < 4.78 is 9.19. The smallest absolute Gasteiger partial charge is 0.410 e. The number of aliphatic hydroxyl groups excluding tert-OH is 1. The van der Waals surface area contributed by atoms with Gasteiger partial charge in [0.2, 0.25) is 0 Å². The number of carbonyl (C=O) groups excluding carboxylic acids is 1. The molecule has 9 heteroatoms. The number of aliphatic hydroxyl groups is 1. The molecule has 0 bridgehead atoms. The van der Waals surface area contributed by atoms with E-state index >= 15 is 0 Å². The predicted molar refractivity (Wildman–Crippen MR) is 114 cm³/mol. The quantitative estimate of drug-likeness (QED) is 0.707. The van der Waals surface area contributed by atoms with Crippen molar-refractivity contribution in [2.75, 3.05) is 37.7 Å². The Bertz CT molecular complexity index is 1030. The number of pyridine rings is 1. The Morgan fingerprint density at radius 2 is 1.93 bits per heavy atom. The molecule has 1 aliphatic heterocycles. The second-order valence-corrected chi connectivity index (χ2v) is 8.45. The lowest BCUT2D eigenvalue weighted by Crippen LogP contribution is -2.50.